The van der Waals surface area contributed by atoms with Crippen LogP contribution >= 0.6 is 0 Å². The van der Waals surface area contributed by atoms with Crippen LogP contribution in [0.25, 0.3) is 0 Å². The zero-order valence-electron chi connectivity index (χ0n) is 55.9. The summed E-state index contributed by atoms with van der Waals surface area (Å²) in [6.45, 7) is 13.6. The van der Waals surface area contributed by atoms with Gasteiger partial charge in [-0.15, -0.1) is 0 Å². The molecule has 0 saturated carbocycles. The lowest BCUT2D eigenvalue weighted by atomic mass is 10.1. The van der Waals surface area contributed by atoms with Crippen molar-refractivity contribution in [1.82, 2.24) is 0 Å². The minimum absolute atomic E-state index is 0.0481. The van der Waals surface area contributed by atoms with Crippen LogP contribution in [0.4, 0.5) is 0 Å². The van der Waals surface area contributed by atoms with E-state index in [-0.39, 0.29) is 46.7 Å². The third-order valence-corrected chi connectivity index (χ3v) is 15.3. The fourth-order valence-corrected chi connectivity index (χ4v) is 9.85. The van der Waals surface area contributed by atoms with Crippen molar-refractivity contribution in [2.24, 2.45) is 0 Å². The maximum absolute atomic E-state index is 13.8. The minimum Gasteiger partial charge on any atom is -0.494 e. The summed E-state index contributed by atoms with van der Waals surface area (Å²) < 4.78 is 61.5. The average Bonchev–Trinajstić information content (AvgIpc) is 0.855. The highest BCUT2D eigenvalue weighted by molar-refractivity contribution is 5.97. The van der Waals surface area contributed by atoms with Gasteiger partial charge in [-0.05, 0) is 179 Å². The lowest BCUT2D eigenvalue weighted by Crippen LogP contribution is -2.14. The molecule has 0 saturated heterocycles. The molecule has 18 heteroatoms. The van der Waals surface area contributed by atoms with Crippen LogP contribution in [0.15, 0.2) is 153 Å². The van der Waals surface area contributed by atoms with E-state index < -0.39 is 29.8 Å². The van der Waals surface area contributed by atoms with Crippen molar-refractivity contribution in [3.05, 3.63) is 175 Å². The Bertz CT molecular complexity index is 3100. The van der Waals surface area contributed by atoms with E-state index in [4.69, 9.17) is 52.1 Å². The third-order valence-electron chi connectivity index (χ3n) is 15.3. The zero-order valence-corrected chi connectivity index (χ0v) is 55.9. The van der Waals surface area contributed by atoms with Crippen LogP contribution in [-0.4, -0.2) is 94.6 Å². The number of unbranched alkanes of at least 4 members (excludes halogenated alkanes) is 23. The molecule has 0 radical (unpaired) electrons. The lowest BCUT2D eigenvalue weighted by Gasteiger charge is -2.13. The van der Waals surface area contributed by atoms with Gasteiger partial charge >= 0.3 is 41.8 Å². The van der Waals surface area contributed by atoms with Gasteiger partial charge in [0.2, 0.25) is 0 Å². The average molecular weight is 1320 g/mol. The number of rotatable bonds is 53. The second-order valence-electron chi connectivity index (χ2n) is 23.1. The SMILES string of the molecule is C=CC(=O)OCCCCCCCCCCCOc1ccc(C(=O)Oc2ccc(OC(=O)c3ccc(OCCCCCCCCCCCOC(=O)C=C)cc3)c(C(=O)OCCCCCCCOc3ccc(OC(=O)c4ccc(OCCCCCCOC(=O)C=C)cc4)cc3)c2)cc1. The van der Waals surface area contributed by atoms with E-state index in [1.807, 2.05) is 0 Å². The molecule has 18 nitrogen and oxygen atoms in total. The van der Waals surface area contributed by atoms with E-state index in [1.54, 1.807) is 97.1 Å². The number of ether oxygens (including phenoxy) is 11. The molecule has 96 heavy (non-hydrogen) atoms. The van der Waals surface area contributed by atoms with Gasteiger partial charge in [-0.25, -0.2) is 33.6 Å². The van der Waals surface area contributed by atoms with Crippen molar-refractivity contribution in [2.75, 3.05) is 52.9 Å². The molecule has 0 aliphatic carbocycles. The molecular formula is C78H98O18. The van der Waals surface area contributed by atoms with Crippen LogP contribution in [0.2, 0.25) is 0 Å². The maximum Gasteiger partial charge on any atom is 0.343 e. The maximum atomic E-state index is 13.8. The van der Waals surface area contributed by atoms with Crippen LogP contribution in [0.5, 0.6) is 40.2 Å². The molecule has 0 spiro atoms. The predicted molar refractivity (Wildman–Crippen MR) is 367 cm³/mol. The summed E-state index contributed by atoms with van der Waals surface area (Å²) in [4.78, 5) is 87.0. The largest absolute Gasteiger partial charge is 0.494 e. The Labute approximate surface area is 566 Å². The fraction of sp³-hybridized carbons (Fsp3) is 0.449. The molecule has 0 unspecified atom stereocenters. The summed E-state index contributed by atoms with van der Waals surface area (Å²) in [5, 5.41) is 0. The fourth-order valence-electron chi connectivity index (χ4n) is 9.85. The number of carbonyl (C=O) groups is 7. The molecular weight excluding hydrogens is 1220 g/mol. The summed E-state index contributed by atoms with van der Waals surface area (Å²) in [5.41, 5.74) is 0.798. The molecule has 5 rings (SSSR count). The van der Waals surface area contributed by atoms with Gasteiger partial charge in [0.05, 0.1) is 69.5 Å². The van der Waals surface area contributed by atoms with E-state index in [0.29, 0.717) is 87.0 Å². The summed E-state index contributed by atoms with van der Waals surface area (Å²) in [6.07, 6.45) is 29.9. The van der Waals surface area contributed by atoms with Crippen molar-refractivity contribution >= 4 is 41.8 Å². The Balaban J connectivity index is 1.02. The molecule has 0 fully saturated rings. The van der Waals surface area contributed by atoms with E-state index in [2.05, 4.69) is 19.7 Å². The van der Waals surface area contributed by atoms with Crippen molar-refractivity contribution in [3.63, 3.8) is 0 Å². The number of esters is 7. The summed E-state index contributed by atoms with van der Waals surface area (Å²) in [7, 11) is 0. The number of hydrogen-bond acceptors (Lipinski definition) is 18. The highest BCUT2D eigenvalue weighted by atomic mass is 16.6. The van der Waals surface area contributed by atoms with Crippen LogP contribution in [0.3, 0.4) is 0 Å². The molecule has 0 amide bonds. The first-order valence-corrected chi connectivity index (χ1v) is 34.2. The number of carbonyl (C=O) groups excluding carboxylic acids is 7. The lowest BCUT2D eigenvalue weighted by molar-refractivity contribution is -0.138. The number of hydrogen-bond donors (Lipinski definition) is 0. The zero-order chi connectivity index (χ0) is 68.5. The Hall–Kier alpha value is -9.19. The third kappa shape index (κ3) is 33.8. The Morgan fingerprint density at radius 2 is 0.490 bits per heavy atom. The first kappa shape index (κ1) is 77.5. The Morgan fingerprint density at radius 1 is 0.250 bits per heavy atom. The van der Waals surface area contributed by atoms with Crippen molar-refractivity contribution in [1.29, 1.82) is 0 Å². The second kappa shape index (κ2) is 48.5. The Kier molecular flexibility index (Phi) is 39.2. The highest BCUT2D eigenvalue weighted by Gasteiger charge is 2.21. The van der Waals surface area contributed by atoms with Gasteiger partial charge in [0.1, 0.15) is 45.8 Å². The molecule has 0 aromatic heterocycles. The van der Waals surface area contributed by atoms with Crippen molar-refractivity contribution < 1.29 is 85.7 Å². The van der Waals surface area contributed by atoms with E-state index in [0.717, 1.165) is 167 Å². The predicted octanol–water partition coefficient (Wildman–Crippen LogP) is 17.4. The van der Waals surface area contributed by atoms with Crippen molar-refractivity contribution in [2.45, 2.75) is 173 Å². The highest BCUT2D eigenvalue weighted by Crippen LogP contribution is 2.29. The molecule has 0 heterocycles. The number of benzene rings is 5. The first-order chi connectivity index (χ1) is 46.9. The van der Waals surface area contributed by atoms with Gasteiger partial charge in [0, 0.05) is 18.2 Å². The molecule has 5 aromatic carbocycles. The van der Waals surface area contributed by atoms with E-state index in [1.165, 1.54) is 36.8 Å². The topological polar surface area (TPSA) is 221 Å². The van der Waals surface area contributed by atoms with Gasteiger partial charge in [-0.1, -0.05) is 129 Å². The van der Waals surface area contributed by atoms with Gasteiger partial charge < -0.3 is 52.1 Å². The molecule has 0 N–H and O–H groups in total. The summed E-state index contributed by atoms with van der Waals surface area (Å²) >= 11 is 0. The minimum atomic E-state index is -0.754. The van der Waals surface area contributed by atoms with Crippen molar-refractivity contribution in [3.8, 4) is 40.2 Å². The van der Waals surface area contributed by atoms with Gasteiger partial charge in [0.15, 0.2) is 0 Å². The molecule has 0 atom stereocenters. The molecule has 0 aliphatic heterocycles. The van der Waals surface area contributed by atoms with E-state index in [9.17, 15) is 33.6 Å². The summed E-state index contributed by atoms with van der Waals surface area (Å²) in [5.74, 6) is -0.898. The molecule has 0 bridgehead atoms. The molecule has 518 valence electrons. The quantitative estimate of drug-likeness (QED) is 0.0116. The first-order valence-electron chi connectivity index (χ1n) is 34.2. The normalized spacial score (nSPS) is 10.7. The van der Waals surface area contributed by atoms with Gasteiger partial charge in [-0.2, -0.15) is 0 Å². The monoisotopic (exact) mass is 1320 g/mol. The molecule has 0 aliphatic rings. The van der Waals surface area contributed by atoms with E-state index >= 15 is 0 Å². The Morgan fingerprint density at radius 3 is 0.802 bits per heavy atom. The molecule has 5 aromatic rings. The second-order valence-corrected chi connectivity index (χ2v) is 23.1. The van der Waals surface area contributed by atoms with Crippen LogP contribution in [0.1, 0.15) is 215 Å². The van der Waals surface area contributed by atoms with Gasteiger partial charge in [0.25, 0.3) is 0 Å². The van der Waals surface area contributed by atoms with Crippen LogP contribution in [0, 0.1) is 0 Å². The van der Waals surface area contributed by atoms with Gasteiger partial charge in [-0.3, -0.25) is 0 Å². The summed E-state index contributed by atoms with van der Waals surface area (Å²) in [6, 6.07) is 31.1. The van der Waals surface area contributed by atoms with Crippen LogP contribution < -0.4 is 33.2 Å². The smallest absolute Gasteiger partial charge is 0.343 e. The van der Waals surface area contributed by atoms with Crippen LogP contribution in [-0.2, 0) is 33.3 Å². The standard InChI is InChI=1S/C78H98O18/c1-4-72(79)90-56-30-20-15-11-7-9-13-18-26-52-86-65-42-36-62(37-43-65)76(83)95-69-50-51-71(96-77(84)63-38-44-66(45-39-63)87-53-27-19-14-10-8-12-16-21-31-57-91-73(80)5-2)70(60-69)78(85)93-59-33-23-17-22-28-54-89-67-46-48-68(49-47-67)94-75(82)61-34-40-64(41-35-61)88-55-29-24-25-32-58-92-74(81)6-3/h4-6,34-51,60H,1-3,7-33,52-59H2.